The molecule has 0 aromatic heterocycles. The third kappa shape index (κ3) is 4.08. The van der Waals surface area contributed by atoms with Gasteiger partial charge in [-0.05, 0) is 53.3 Å². The predicted octanol–water partition coefficient (Wildman–Crippen LogP) is 2.89. The molecular formula is C13H13IN2O2S. The quantitative estimate of drug-likeness (QED) is 0.364. The Morgan fingerprint density at radius 1 is 1.58 bits per heavy atom. The lowest BCUT2D eigenvalue weighted by Gasteiger charge is -2.12. The smallest absolute Gasteiger partial charge is 0.174 e. The first-order valence-electron chi connectivity index (χ1n) is 5.45. The minimum atomic E-state index is 0.0744. The standard InChI is InChI=1S/C13H13IN2O2S/c1-3-18-12-10(14)5-8(6-11(12)17-2)4-9(7-15)13(16)19/h4-6H,3H2,1-2H3,(H2,16,19)/b9-4+. The lowest BCUT2D eigenvalue weighted by molar-refractivity contribution is 0.308. The molecule has 0 aliphatic carbocycles. The van der Waals surface area contributed by atoms with E-state index in [1.807, 2.05) is 19.1 Å². The molecule has 0 amide bonds. The highest BCUT2D eigenvalue weighted by molar-refractivity contribution is 14.1. The van der Waals surface area contributed by atoms with Crippen molar-refractivity contribution < 1.29 is 9.47 Å². The number of nitriles is 1. The van der Waals surface area contributed by atoms with Crippen LogP contribution in [0.4, 0.5) is 0 Å². The zero-order chi connectivity index (χ0) is 14.4. The molecule has 1 aromatic carbocycles. The van der Waals surface area contributed by atoms with Crippen molar-refractivity contribution in [3.63, 3.8) is 0 Å². The molecule has 1 rings (SSSR count). The monoisotopic (exact) mass is 388 g/mol. The fourth-order valence-electron chi connectivity index (χ4n) is 1.43. The van der Waals surface area contributed by atoms with Gasteiger partial charge in [0.15, 0.2) is 11.5 Å². The van der Waals surface area contributed by atoms with Gasteiger partial charge in [0.1, 0.15) is 11.1 Å². The van der Waals surface area contributed by atoms with E-state index in [-0.39, 0.29) is 10.6 Å². The van der Waals surface area contributed by atoms with Crippen molar-refractivity contribution in [3.8, 4) is 17.6 Å². The number of thiocarbonyl (C=S) groups is 1. The number of ether oxygens (including phenoxy) is 2. The highest BCUT2D eigenvalue weighted by Crippen LogP contribution is 2.34. The Balaban J connectivity index is 3.30. The molecule has 0 unspecified atom stereocenters. The molecular weight excluding hydrogens is 375 g/mol. The summed E-state index contributed by atoms with van der Waals surface area (Å²) in [5.74, 6) is 1.30. The van der Waals surface area contributed by atoms with Crippen molar-refractivity contribution in [1.82, 2.24) is 0 Å². The predicted molar refractivity (Wildman–Crippen MR) is 87.3 cm³/mol. The maximum Gasteiger partial charge on any atom is 0.174 e. The van der Waals surface area contributed by atoms with Crippen molar-refractivity contribution in [2.45, 2.75) is 6.92 Å². The molecule has 100 valence electrons. The van der Waals surface area contributed by atoms with Crippen LogP contribution in [0.1, 0.15) is 12.5 Å². The van der Waals surface area contributed by atoms with Crippen LogP contribution in [0, 0.1) is 14.9 Å². The third-order valence-electron chi connectivity index (χ3n) is 2.24. The number of nitrogens with two attached hydrogens (primary N) is 1. The van der Waals surface area contributed by atoms with Gasteiger partial charge in [0.2, 0.25) is 0 Å². The van der Waals surface area contributed by atoms with Gasteiger partial charge in [0.25, 0.3) is 0 Å². The second-order valence-electron chi connectivity index (χ2n) is 3.50. The molecule has 0 saturated heterocycles. The van der Waals surface area contributed by atoms with Gasteiger partial charge in [-0.15, -0.1) is 0 Å². The number of hydrogen-bond acceptors (Lipinski definition) is 4. The first-order valence-corrected chi connectivity index (χ1v) is 6.94. The normalized spacial score (nSPS) is 10.7. The largest absolute Gasteiger partial charge is 0.493 e. The van der Waals surface area contributed by atoms with Gasteiger partial charge in [-0.1, -0.05) is 12.2 Å². The zero-order valence-corrected chi connectivity index (χ0v) is 13.5. The van der Waals surface area contributed by atoms with Crippen LogP contribution in [0.15, 0.2) is 17.7 Å². The number of benzene rings is 1. The van der Waals surface area contributed by atoms with Gasteiger partial charge in [-0.2, -0.15) is 5.26 Å². The Morgan fingerprint density at radius 2 is 2.26 bits per heavy atom. The Kier molecular flexibility index (Phi) is 6.05. The van der Waals surface area contributed by atoms with Crippen LogP contribution in [0.25, 0.3) is 6.08 Å². The van der Waals surface area contributed by atoms with Crippen LogP contribution in [0.2, 0.25) is 0 Å². The van der Waals surface area contributed by atoms with E-state index in [1.165, 1.54) is 0 Å². The van der Waals surface area contributed by atoms with E-state index in [1.54, 1.807) is 19.3 Å². The molecule has 6 heteroatoms. The summed E-state index contributed by atoms with van der Waals surface area (Å²) >= 11 is 6.96. The number of rotatable bonds is 5. The van der Waals surface area contributed by atoms with Crippen LogP contribution in [0.5, 0.6) is 11.5 Å². The molecule has 2 N–H and O–H groups in total. The first kappa shape index (κ1) is 15.7. The minimum absolute atomic E-state index is 0.0744. The summed E-state index contributed by atoms with van der Waals surface area (Å²) in [6.07, 6.45) is 1.63. The fourth-order valence-corrected chi connectivity index (χ4v) is 2.32. The van der Waals surface area contributed by atoms with Crippen molar-refractivity contribution >= 4 is 45.9 Å². The second-order valence-corrected chi connectivity index (χ2v) is 5.10. The highest BCUT2D eigenvalue weighted by Gasteiger charge is 2.11. The van der Waals surface area contributed by atoms with Crippen LogP contribution >= 0.6 is 34.8 Å². The van der Waals surface area contributed by atoms with E-state index in [2.05, 4.69) is 22.6 Å². The maximum absolute atomic E-state index is 8.95. The molecule has 0 spiro atoms. The lowest BCUT2D eigenvalue weighted by Crippen LogP contribution is -2.09. The van der Waals surface area contributed by atoms with Gasteiger partial charge >= 0.3 is 0 Å². The van der Waals surface area contributed by atoms with E-state index in [0.717, 1.165) is 9.13 Å². The van der Waals surface area contributed by atoms with Crippen molar-refractivity contribution in [2.75, 3.05) is 13.7 Å². The highest BCUT2D eigenvalue weighted by atomic mass is 127. The molecule has 0 saturated carbocycles. The van der Waals surface area contributed by atoms with Crippen molar-refractivity contribution in [3.05, 3.63) is 26.8 Å². The van der Waals surface area contributed by atoms with Gasteiger partial charge in [-0.25, -0.2) is 0 Å². The zero-order valence-electron chi connectivity index (χ0n) is 10.6. The average Bonchev–Trinajstić information content (AvgIpc) is 2.38. The topological polar surface area (TPSA) is 68.3 Å². The Bertz CT molecular complexity index is 564. The number of halogens is 1. The lowest BCUT2D eigenvalue weighted by atomic mass is 10.1. The van der Waals surface area contributed by atoms with E-state index >= 15 is 0 Å². The summed E-state index contributed by atoms with van der Waals surface area (Å²) in [5, 5.41) is 8.95. The van der Waals surface area contributed by atoms with Gasteiger partial charge in [0, 0.05) is 0 Å². The molecule has 19 heavy (non-hydrogen) atoms. The molecule has 0 atom stereocenters. The Hall–Kier alpha value is -1.33. The Labute approximate surface area is 131 Å². The third-order valence-corrected chi connectivity index (χ3v) is 3.26. The van der Waals surface area contributed by atoms with E-state index < -0.39 is 0 Å². The molecule has 0 fully saturated rings. The molecule has 0 heterocycles. The molecule has 1 aromatic rings. The molecule has 0 aliphatic heterocycles. The van der Waals surface area contributed by atoms with Gasteiger partial charge in [-0.3, -0.25) is 0 Å². The van der Waals surface area contributed by atoms with Crippen LogP contribution in [-0.4, -0.2) is 18.7 Å². The summed E-state index contributed by atoms with van der Waals surface area (Å²) in [6, 6.07) is 5.63. The summed E-state index contributed by atoms with van der Waals surface area (Å²) in [5.41, 5.74) is 6.51. The number of methoxy groups -OCH3 is 1. The summed E-state index contributed by atoms with van der Waals surface area (Å²) in [7, 11) is 1.57. The average molecular weight is 388 g/mol. The summed E-state index contributed by atoms with van der Waals surface area (Å²) < 4.78 is 11.7. The number of nitrogens with zero attached hydrogens (tertiary/aromatic N) is 1. The number of hydrogen-bond donors (Lipinski definition) is 1. The van der Waals surface area contributed by atoms with Gasteiger partial charge < -0.3 is 15.2 Å². The first-order chi connectivity index (χ1) is 9.03. The fraction of sp³-hybridized carbons (Fsp3) is 0.231. The summed E-state index contributed by atoms with van der Waals surface area (Å²) in [6.45, 7) is 2.46. The summed E-state index contributed by atoms with van der Waals surface area (Å²) in [4.78, 5) is 0.0744. The Morgan fingerprint density at radius 3 is 2.74 bits per heavy atom. The second kappa shape index (κ2) is 7.31. The van der Waals surface area contributed by atoms with Crippen molar-refractivity contribution in [2.24, 2.45) is 5.73 Å². The minimum Gasteiger partial charge on any atom is -0.493 e. The maximum atomic E-state index is 8.95. The van der Waals surface area contributed by atoms with E-state index in [9.17, 15) is 0 Å². The van der Waals surface area contributed by atoms with Crippen molar-refractivity contribution in [1.29, 1.82) is 5.26 Å². The van der Waals surface area contributed by atoms with Crippen LogP contribution in [0.3, 0.4) is 0 Å². The SMILES string of the molecule is CCOc1c(I)cc(/C=C(\C#N)C(N)=S)cc1OC. The van der Waals surface area contributed by atoms with Crippen LogP contribution < -0.4 is 15.2 Å². The molecule has 0 radical (unpaired) electrons. The molecule has 4 nitrogen and oxygen atoms in total. The van der Waals surface area contributed by atoms with E-state index in [0.29, 0.717) is 18.1 Å². The molecule has 0 bridgehead atoms. The molecule has 0 aliphatic rings. The van der Waals surface area contributed by atoms with Crippen LogP contribution in [-0.2, 0) is 0 Å². The van der Waals surface area contributed by atoms with E-state index in [4.69, 9.17) is 32.7 Å². The van der Waals surface area contributed by atoms with Gasteiger partial charge in [0.05, 0.1) is 22.9 Å².